The zero-order valence-corrected chi connectivity index (χ0v) is 12.1. The second-order valence-electron chi connectivity index (χ2n) is 5.46. The molecule has 1 fully saturated rings. The second-order valence-corrected chi connectivity index (χ2v) is 5.46. The van der Waals surface area contributed by atoms with Gasteiger partial charge in [0.2, 0.25) is 11.9 Å². The molecule has 22 heavy (non-hydrogen) atoms. The van der Waals surface area contributed by atoms with Crippen molar-refractivity contribution in [2.45, 2.75) is 18.6 Å². The molecule has 1 amide bonds. The molecular weight excluding hydrogens is 284 g/mol. The third kappa shape index (κ3) is 3.40. The fourth-order valence-electron chi connectivity index (χ4n) is 2.49. The smallest absolute Gasteiger partial charge is 0.240 e. The quantitative estimate of drug-likeness (QED) is 0.768. The SMILES string of the molecule is O=C(Cn1ccnc1)NCC1(O)CCN(c2ncccn2)C1. The van der Waals surface area contributed by atoms with Crippen LogP contribution >= 0.6 is 0 Å². The maximum atomic E-state index is 11.9. The predicted molar refractivity (Wildman–Crippen MR) is 79.0 cm³/mol. The van der Waals surface area contributed by atoms with E-state index in [0.717, 1.165) is 0 Å². The van der Waals surface area contributed by atoms with Gasteiger partial charge in [0.15, 0.2) is 0 Å². The van der Waals surface area contributed by atoms with E-state index < -0.39 is 5.60 Å². The van der Waals surface area contributed by atoms with Gasteiger partial charge >= 0.3 is 0 Å². The number of nitrogens with one attached hydrogen (secondary N) is 1. The maximum Gasteiger partial charge on any atom is 0.240 e. The van der Waals surface area contributed by atoms with Crippen molar-refractivity contribution in [1.82, 2.24) is 24.8 Å². The largest absolute Gasteiger partial charge is 0.386 e. The Bertz CT molecular complexity index is 618. The van der Waals surface area contributed by atoms with Crippen LogP contribution in [0.15, 0.2) is 37.2 Å². The van der Waals surface area contributed by atoms with Gasteiger partial charge < -0.3 is 19.9 Å². The molecule has 1 aliphatic rings. The molecule has 2 aromatic rings. The van der Waals surface area contributed by atoms with Gasteiger partial charge in [0, 0.05) is 37.9 Å². The summed E-state index contributed by atoms with van der Waals surface area (Å²) in [6.45, 7) is 1.48. The monoisotopic (exact) mass is 302 g/mol. The van der Waals surface area contributed by atoms with Crippen molar-refractivity contribution in [2.24, 2.45) is 0 Å². The molecule has 116 valence electrons. The lowest BCUT2D eigenvalue weighted by Gasteiger charge is -2.23. The van der Waals surface area contributed by atoms with Gasteiger partial charge in [-0.15, -0.1) is 0 Å². The number of amides is 1. The minimum absolute atomic E-state index is 0.152. The number of carbonyl (C=O) groups excluding carboxylic acids is 1. The number of nitrogens with zero attached hydrogens (tertiary/aromatic N) is 5. The third-order valence-electron chi connectivity index (χ3n) is 3.67. The Balaban J connectivity index is 1.51. The first kappa shape index (κ1) is 14.5. The minimum Gasteiger partial charge on any atom is -0.386 e. The topological polar surface area (TPSA) is 96.2 Å². The highest BCUT2D eigenvalue weighted by atomic mass is 16.3. The van der Waals surface area contributed by atoms with Crippen molar-refractivity contribution in [1.29, 1.82) is 0 Å². The first-order valence-electron chi connectivity index (χ1n) is 7.11. The van der Waals surface area contributed by atoms with Crippen LogP contribution in [0.5, 0.6) is 0 Å². The summed E-state index contributed by atoms with van der Waals surface area (Å²) >= 11 is 0. The molecule has 1 atom stereocenters. The summed E-state index contributed by atoms with van der Waals surface area (Å²) in [5, 5.41) is 13.3. The molecule has 0 aliphatic carbocycles. The molecule has 1 saturated heterocycles. The van der Waals surface area contributed by atoms with Gasteiger partial charge in [0.05, 0.1) is 12.9 Å². The summed E-state index contributed by atoms with van der Waals surface area (Å²) in [5.74, 6) is 0.448. The molecule has 8 nitrogen and oxygen atoms in total. The van der Waals surface area contributed by atoms with Crippen molar-refractivity contribution in [2.75, 3.05) is 24.5 Å². The number of aromatic nitrogens is 4. The average Bonchev–Trinajstić information content (AvgIpc) is 3.17. The highest BCUT2D eigenvalue weighted by Crippen LogP contribution is 2.23. The Kier molecular flexibility index (Phi) is 4.01. The van der Waals surface area contributed by atoms with Crippen molar-refractivity contribution in [3.05, 3.63) is 37.2 Å². The van der Waals surface area contributed by atoms with Gasteiger partial charge in [-0.1, -0.05) is 0 Å². The lowest BCUT2D eigenvalue weighted by Crippen LogP contribution is -2.45. The molecule has 3 rings (SSSR count). The number of rotatable bonds is 5. The highest BCUT2D eigenvalue weighted by Gasteiger charge is 2.37. The van der Waals surface area contributed by atoms with E-state index in [9.17, 15) is 9.90 Å². The van der Waals surface area contributed by atoms with Gasteiger partial charge in [-0.05, 0) is 12.5 Å². The van der Waals surface area contributed by atoms with Crippen LogP contribution in [-0.4, -0.2) is 55.8 Å². The van der Waals surface area contributed by atoms with E-state index in [0.29, 0.717) is 25.5 Å². The Morgan fingerprint density at radius 3 is 2.91 bits per heavy atom. The fraction of sp³-hybridized carbons (Fsp3) is 0.429. The molecular formula is C14H18N6O2. The fourth-order valence-corrected chi connectivity index (χ4v) is 2.49. The molecule has 0 saturated carbocycles. The standard InChI is InChI=1S/C14H18N6O2/c21-12(8-19-7-5-15-11-19)18-9-14(22)2-6-20(10-14)13-16-3-1-4-17-13/h1,3-5,7,11,22H,2,6,8-10H2,(H,18,21). The van der Waals surface area contributed by atoms with E-state index in [1.807, 2.05) is 4.90 Å². The van der Waals surface area contributed by atoms with E-state index >= 15 is 0 Å². The normalized spacial score (nSPS) is 21.0. The number of hydrogen-bond acceptors (Lipinski definition) is 6. The number of carbonyl (C=O) groups is 1. The van der Waals surface area contributed by atoms with Crippen LogP contribution in [0.3, 0.4) is 0 Å². The number of anilines is 1. The lowest BCUT2D eigenvalue weighted by atomic mass is 10.0. The van der Waals surface area contributed by atoms with Gasteiger partial charge in [0.1, 0.15) is 12.1 Å². The van der Waals surface area contributed by atoms with E-state index in [1.165, 1.54) is 0 Å². The summed E-state index contributed by atoms with van der Waals surface area (Å²) in [6, 6.07) is 1.75. The van der Waals surface area contributed by atoms with E-state index in [2.05, 4.69) is 20.3 Å². The zero-order chi connectivity index (χ0) is 15.4. The van der Waals surface area contributed by atoms with E-state index in [4.69, 9.17) is 0 Å². The van der Waals surface area contributed by atoms with Crippen molar-refractivity contribution in [3.63, 3.8) is 0 Å². The average molecular weight is 302 g/mol. The molecule has 0 radical (unpaired) electrons. The third-order valence-corrected chi connectivity index (χ3v) is 3.67. The summed E-state index contributed by atoms with van der Waals surface area (Å²) in [6.07, 6.45) is 8.84. The van der Waals surface area contributed by atoms with Crippen LogP contribution in [0, 0.1) is 0 Å². The molecule has 0 bridgehead atoms. The number of aliphatic hydroxyl groups is 1. The lowest BCUT2D eigenvalue weighted by molar-refractivity contribution is -0.122. The summed E-state index contributed by atoms with van der Waals surface area (Å²) in [5.41, 5.74) is -0.955. The first-order chi connectivity index (χ1) is 10.6. The number of hydrogen-bond donors (Lipinski definition) is 2. The Hall–Kier alpha value is -2.48. The predicted octanol–water partition coefficient (Wildman–Crippen LogP) is -0.569. The van der Waals surface area contributed by atoms with Crippen LogP contribution in [-0.2, 0) is 11.3 Å². The Morgan fingerprint density at radius 1 is 1.36 bits per heavy atom. The van der Waals surface area contributed by atoms with Gasteiger partial charge in [-0.2, -0.15) is 0 Å². The highest BCUT2D eigenvalue weighted by molar-refractivity contribution is 5.75. The molecule has 0 aromatic carbocycles. The van der Waals surface area contributed by atoms with Crippen LogP contribution in [0.4, 0.5) is 5.95 Å². The van der Waals surface area contributed by atoms with Crippen LogP contribution in [0.25, 0.3) is 0 Å². The van der Waals surface area contributed by atoms with Crippen molar-refractivity contribution >= 4 is 11.9 Å². The molecule has 1 aliphatic heterocycles. The van der Waals surface area contributed by atoms with Crippen LogP contribution < -0.4 is 10.2 Å². The summed E-state index contributed by atoms with van der Waals surface area (Å²) < 4.78 is 1.68. The van der Waals surface area contributed by atoms with E-state index in [1.54, 1.807) is 41.7 Å². The van der Waals surface area contributed by atoms with Gasteiger partial charge in [-0.3, -0.25) is 4.79 Å². The Labute approximate surface area is 127 Å². The zero-order valence-electron chi connectivity index (χ0n) is 12.1. The van der Waals surface area contributed by atoms with Gasteiger partial charge in [-0.25, -0.2) is 15.0 Å². The maximum absolute atomic E-state index is 11.9. The van der Waals surface area contributed by atoms with Crippen molar-refractivity contribution in [3.8, 4) is 0 Å². The number of β-amino-alcohol motifs (C(OH)–C–C–N with tert-alkyl or cyclic N) is 1. The second kappa shape index (κ2) is 6.10. The minimum atomic E-state index is -0.955. The summed E-state index contributed by atoms with van der Waals surface area (Å²) in [4.78, 5) is 26.0. The molecule has 3 heterocycles. The molecule has 2 aromatic heterocycles. The Morgan fingerprint density at radius 2 is 2.18 bits per heavy atom. The molecule has 0 spiro atoms. The van der Waals surface area contributed by atoms with Crippen LogP contribution in [0.1, 0.15) is 6.42 Å². The first-order valence-corrected chi connectivity index (χ1v) is 7.11. The molecule has 1 unspecified atom stereocenters. The summed E-state index contributed by atoms with van der Waals surface area (Å²) in [7, 11) is 0. The van der Waals surface area contributed by atoms with E-state index in [-0.39, 0.29) is 19.0 Å². The number of imidazole rings is 1. The van der Waals surface area contributed by atoms with Crippen molar-refractivity contribution < 1.29 is 9.90 Å². The molecule has 8 heteroatoms. The molecule has 2 N–H and O–H groups in total. The van der Waals surface area contributed by atoms with Crippen LogP contribution in [0.2, 0.25) is 0 Å². The van der Waals surface area contributed by atoms with Gasteiger partial charge in [0.25, 0.3) is 0 Å².